The van der Waals surface area contributed by atoms with Gasteiger partial charge in [-0.2, -0.15) is 5.10 Å². The van der Waals surface area contributed by atoms with Crippen LogP contribution in [0, 0.1) is 0 Å². The molecule has 1 N–H and O–H groups in total. The molecule has 0 radical (unpaired) electrons. The first kappa shape index (κ1) is 15.3. The number of amides is 1. The van der Waals surface area contributed by atoms with Gasteiger partial charge in [0.1, 0.15) is 0 Å². The normalized spacial score (nSPS) is 22.2. The summed E-state index contributed by atoms with van der Waals surface area (Å²) in [5.74, 6) is 0.545. The van der Waals surface area contributed by atoms with Crippen molar-refractivity contribution in [3.05, 3.63) is 11.8 Å². The zero-order valence-corrected chi connectivity index (χ0v) is 13.2. The monoisotopic (exact) mass is 308 g/mol. The maximum Gasteiger partial charge on any atom is 0.272 e. The van der Waals surface area contributed by atoms with E-state index in [1.807, 2.05) is 18.5 Å². The van der Waals surface area contributed by atoms with Crippen LogP contribution in [0.1, 0.15) is 36.8 Å². The molecule has 2 aliphatic heterocycles. The van der Waals surface area contributed by atoms with Gasteiger partial charge in [0.15, 0.2) is 5.69 Å². The summed E-state index contributed by atoms with van der Waals surface area (Å²) in [6.45, 7) is 8.95. The highest BCUT2D eigenvalue weighted by molar-refractivity contribution is 5.92. The molecule has 7 heteroatoms. The summed E-state index contributed by atoms with van der Waals surface area (Å²) in [7, 11) is 0. The van der Waals surface area contributed by atoms with Crippen LogP contribution in [0.5, 0.6) is 5.88 Å². The number of carbonyl (C=O) groups is 1. The highest BCUT2D eigenvalue weighted by Gasteiger charge is 2.27. The van der Waals surface area contributed by atoms with E-state index in [0.717, 1.165) is 39.3 Å². The van der Waals surface area contributed by atoms with Gasteiger partial charge < -0.3 is 14.8 Å². The highest BCUT2D eigenvalue weighted by atomic mass is 16.5. The largest absolute Gasteiger partial charge is 0.478 e. The number of ether oxygens (including phenoxy) is 2. The van der Waals surface area contributed by atoms with Crippen LogP contribution >= 0.6 is 0 Å². The van der Waals surface area contributed by atoms with E-state index in [1.54, 1.807) is 6.07 Å². The Morgan fingerprint density at radius 3 is 2.91 bits per heavy atom. The molecule has 7 nitrogen and oxygen atoms in total. The number of fused-ring (bicyclic) bond motifs is 1. The third-order valence-electron chi connectivity index (χ3n) is 3.97. The van der Waals surface area contributed by atoms with Gasteiger partial charge in [-0.1, -0.05) is 0 Å². The van der Waals surface area contributed by atoms with Gasteiger partial charge in [-0.05, 0) is 13.8 Å². The Kier molecular flexibility index (Phi) is 4.63. The van der Waals surface area contributed by atoms with Crippen molar-refractivity contribution in [2.45, 2.75) is 32.4 Å². The first-order chi connectivity index (χ1) is 10.6. The number of aromatic nitrogens is 2. The molecule has 0 bridgehead atoms. The van der Waals surface area contributed by atoms with E-state index in [2.05, 4.69) is 15.3 Å². The van der Waals surface area contributed by atoms with E-state index < -0.39 is 0 Å². The molecule has 1 unspecified atom stereocenters. The van der Waals surface area contributed by atoms with Crippen molar-refractivity contribution in [1.29, 1.82) is 0 Å². The molecule has 1 aromatic rings. The fourth-order valence-corrected chi connectivity index (χ4v) is 2.87. The standard InChI is InChI=1S/C15H24N4O3/c1-11(2)16-15(20)13-9-14-19(17-13)12(3-6-22-14)10-18-4-7-21-8-5-18/h9,11-12H,3-8,10H2,1-2H3,(H,16,20). The minimum absolute atomic E-state index is 0.0938. The maximum absolute atomic E-state index is 12.1. The predicted octanol–water partition coefficient (Wildman–Crippen LogP) is 0.677. The molecule has 1 fully saturated rings. The van der Waals surface area contributed by atoms with Gasteiger partial charge in [0.25, 0.3) is 5.91 Å². The summed E-state index contributed by atoms with van der Waals surface area (Å²) < 4.78 is 12.9. The number of hydrogen-bond acceptors (Lipinski definition) is 5. The molecular weight excluding hydrogens is 284 g/mol. The Morgan fingerprint density at radius 2 is 2.18 bits per heavy atom. The second-order valence-electron chi connectivity index (χ2n) is 6.14. The molecule has 1 aromatic heterocycles. The molecule has 1 saturated heterocycles. The van der Waals surface area contributed by atoms with E-state index in [-0.39, 0.29) is 18.0 Å². The molecule has 3 rings (SSSR count). The van der Waals surface area contributed by atoms with Crippen molar-refractivity contribution in [2.24, 2.45) is 0 Å². The number of morpholine rings is 1. The van der Waals surface area contributed by atoms with Crippen LogP contribution in [0.3, 0.4) is 0 Å². The molecule has 22 heavy (non-hydrogen) atoms. The van der Waals surface area contributed by atoms with Crippen molar-refractivity contribution in [3.63, 3.8) is 0 Å². The van der Waals surface area contributed by atoms with E-state index in [1.165, 1.54) is 0 Å². The van der Waals surface area contributed by atoms with E-state index >= 15 is 0 Å². The first-order valence-corrected chi connectivity index (χ1v) is 7.97. The van der Waals surface area contributed by atoms with Crippen molar-refractivity contribution in [3.8, 4) is 5.88 Å². The van der Waals surface area contributed by atoms with E-state index in [0.29, 0.717) is 18.2 Å². The summed E-state index contributed by atoms with van der Waals surface area (Å²) in [6, 6.07) is 2.09. The van der Waals surface area contributed by atoms with Crippen molar-refractivity contribution >= 4 is 5.91 Å². The summed E-state index contributed by atoms with van der Waals surface area (Å²) in [5.41, 5.74) is 0.428. The fourth-order valence-electron chi connectivity index (χ4n) is 2.87. The molecule has 1 amide bonds. The summed E-state index contributed by atoms with van der Waals surface area (Å²) in [6.07, 6.45) is 0.914. The average molecular weight is 308 g/mol. The summed E-state index contributed by atoms with van der Waals surface area (Å²) >= 11 is 0. The van der Waals surface area contributed by atoms with Gasteiger partial charge in [-0.3, -0.25) is 9.69 Å². The second kappa shape index (κ2) is 6.66. The van der Waals surface area contributed by atoms with Crippen molar-refractivity contribution < 1.29 is 14.3 Å². The number of rotatable bonds is 4. The Morgan fingerprint density at radius 1 is 1.41 bits per heavy atom. The smallest absolute Gasteiger partial charge is 0.272 e. The molecule has 0 saturated carbocycles. The Balaban J connectivity index is 1.72. The van der Waals surface area contributed by atoms with E-state index in [9.17, 15) is 4.79 Å². The van der Waals surface area contributed by atoms with Gasteiger partial charge in [-0.25, -0.2) is 4.68 Å². The van der Waals surface area contributed by atoms with Crippen molar-refractivity contribution in [1.82, 2.24) is 20.0 Å². The van der Waals surface area contributed by atoms with Gasteiger partial charge in [0.05, 0.1) is 25.9 Å². The lowest BCUT2D eigenvalue weighted by Crippen LogP contribution is -2.41. The van der Waals surface area contributed by atoms with Crippen LogP contribution in [0.15, 0.2) is 6.07 Å². The molecule has 122 valence electrons. The third kappa shape index (κ3) is 3.41. The van der Waals surface area contributed by atoms with Crippen LogP contribution in [0.4, 0.5) is 0 Å². The average Bonchev–Trinajstić information content (AvgIpc) is 2.93. The van der Waals surface area contributed by atoms with Gasteiger partial charge in [0.2, 0.25) is 5.88 Å². The minimum Gasteiger partial charge on any atom is -0.478 e. The molecular formula is C15H24N4O3. The number of nitrogens with zero attached hydrogens (tertiary/aromatic N) is 3. The zero-order valence-electron chi connectivity index (χ0n) is 13.2. The fraction of sp³-hybridized carbons (Fsp3) is 0.733. The second-order valence-corrected chi connectivity index (χ2v) is 6.14. The van der Waals surface area contributed by atoms with Crippen LogP contribution < -0.4 is 10.1 Å². The first-order valence-electron chi connectivity index (χ1n) is 7.97. The molecule has 0 spiro atoms. The molecule has 0 aromatic carbocycles. The van der Waals surface area contributed by atoms with Crippen LogP contribution in [-0.2, 0) is 4.74 Å². The number of hydrogen-bond donors (Lipinski definition) is 1. The summed E-state index contributed by atoms with van der Waals surface area (Å²) in [4.78, 5) is 14.5. The zero-order chi connectivity index (χ0) is 15.5. The highest BCUT2D eigenvalue weighted by Crippen LogP contribution is 2.27. The van der Waals surface area contributed by atoms with E-state index in [4.69, 9.17) is 9.47 Å². The van der Waals surface area contributed by atoms with Crippen LogP contribution in [-0.4, -0.2) is 66.1 Å². The molecule has 3 heterocycles. The van der Waals surface area contributed by atoms with Gasteiger partial charge >= 0.3 is 0 Å². The lowest BCUT2D eigenvalue weighted by molar-refractivity contribution is 0.0256. The lowest BCUT2D eigenvalue weighted by Gasteiger charge is -2.32. The van der Waals surface area contributed by atoms with Crippen LogP contribution in [0.25, 0.3) is 0 Å². The Labute approximate surface area is 130 Å². The third-order valence-corrected chi connectivity index (χ3v) is 3.97. The van der Waals surface area contributed by atoms with Gasteiger partial charge in [0, 0.05) is 38.2 Å². The summed E-state index contributed by atoms with van der Waals surface area (Å²) in [5, 5.41) is 7.34. The van der Waals surface area contributed by atoms with Gasteiger partial charge in [-0.15, -0.1) is 0 Å². The maximum atomic E-state index is 12.1. The Bertz CT molecular complexity index is 523. The molecule has 0 aliphatic carbocycles. The topological polar surface area (TPSA) is 68.6 Å². The van der Waals surface area contributed by atoms with Crippen molar-refractivity contribution in [2.75, 3.05) is 39.5 Å². The Hall–Kier alpha value is -1.60. The number of nitrogens with one attached hydrogen (secondary N) is 1. The minimum atomic E-state index is -0.148. The SMILES string of the molecule is CC(C)NC(=O)c1cc2n(n1)C(CN1CCOCC1)CCO2. The van der Waals surface area contributed by atoms with Crippen LogP contribution in [0.2, 0.25) is 0 Å². The molecule has 1 atom stereocenters. The molecule has 2 aliphatic rings. The number of carbonyl (C=O) groups excluding carboxylic acids is 1. The quantitative estimate of drug-likeness (QED) is 0.886. The lowest BCUT2D eigenvalue weighted by atomic mass is 10.2. The predicted molar refractivity (Wildman–Crippen MR) is 81.2 cm³/mol.